The van der Waals surface area contributed by atoms with Gasteiger partial charge in [-0.05, 0) is 18.1 Å². The molecule has 0 bridgehead atoms. The SMILES string of the molecule is CCCCNC(=O)/C=C\c1ccccc1. The summed E-state index contributed by atoms with van der Waals surface area (Å²) in [5, 5.41) is 2.83. The number of hydrogen-bond acceptors (Lipinski definition) is 1. The molecule has 0 aliphatic heterocycles. The predicted molar refractivity (Wildman–Crippen MR) is 63.4 cm³/mol. The van der Waals surface area contributed by atoms with Gasteiger partial charge in [-0.2, -0.15) is 0 Å². The number of unbranched alkanes of at least 4 members (excludes halogenated alkanes) is 1. The minimum Gasteiger partial charge on any atom is -0.353 e. The summed E-state index contributed by atoms with van der Waals surface area (Å²) in [6.07, 6.45) is 5.53. The summed E-state index contributed by atoms with van der Waals surface area (Å²) in [6.45, 7) is 2.86. The van der Waals surface area contributed by atoms with E-state index in [4.69, 9.17) is 0 Å². The Morgan fingerprint density at radius 2 is 2.07 bits per heavy atom. The van der Waals surface area contributed by atoms with Crippen molar-refractivity contribution in [2.24, 2.45) is 0 Å². The van der Waals surface area contributed by atoms with Crippen molar-refractivity contribution in [2.75, 3.05) is 6.54 Å². The van der Waals surface area contributed by atoms with Gasteiger partial charge in [0.1, 0.15) is 0 Å². The van der Waals surface area contributed by atoms with Crippen LogP contribution in [-0.2, 0) is 4.79 Å². The van der Waals surface area contributed by atoms with E-state index >= 15 is 0 Å². The molecule has 1 N–H and O–H groups in total. The summed E-state index contributed by atoms with van der Waals surface area (Å²) in [6, 6.07) is 9.80. The van der Waals surface area contributed by atoms with Crippen molar-refractivity contribution in [3.05, 3.63) is 42.0 Å². The van der Waals surface area contributed by atoms with Gasteiger partial charge in [-0.1, -0.05) is 43.7 Å². The lowest BCUT2D eigenvalue weighted by Gasteiger charge is -1.99. The van der Waals surface area contributed by atoms with Crippen LogP contribution in [0.15, 0.2) is 36.4 Å². The summed E-state index contributed by atoms with van der Waals surface area (Å²) in [5.74, 6) is -0.0210. The van der Waals surface area contributed by atoms with Crippen molar-refractivity contribution in [1.29, 1.82) is 0 Å². The Labute approximate surface area is 91.0 Å². The third-order valence-electron chi connectivity index (χ3n) is 2.06. The molecule has 0 radical (unpaired) electrons. The molecule has 0 aromatic heterocycles. The largest absolute Gasteiger partial charge is 0.353 e. The third kappa shape index (κ3) is 5.01. The van der Waals surface area contributed by atoms with Crippen molar-refractivity contribution in [3.63, 3.8) is 0 Å². The average molecular weight is 203 g/mol. The van der Waals surface area contributed by atoms with E-state index < -0.39 is 0 Å². The number of rotatable bonds is 5. The summed E-state index contributed by atoms with van der Waals surface area (Å²) in [4.78, 5) is 11.3. The molecule has 1 amide bonds. The molecular weight excluding hydrogens is 186 g/mol. The second-order valence-corrected chi connectivity index (χ2v) is 3.39. The molecule has 2 heteroatoms. The van der Waals surface area contributed by atoms with Crippen LogP contribution < -0.4 is 5.32 Å². The van der Waals surface area contributed by atoms with Crippen LogP contribution in [0.2, 0.25) is 0 Å². The fourth-order valence-corrected chi connectivity index (χ4v) is 1.18. The van der Waals surface area contributed by atoms with E-state index in [2.05, 4.69) is 12.2 Å². The lowest BCUT2D eigenvalue weighted by atomic mass is 10.2. The highest BCUT2D eigenvalue weighted by molar-refractivity contribution is 5.91. The van der Waals surface area contributed by atoms with Crippen LogP contribution >= 0.6 is 0 Å². The van der Waals surface area contributed by atoms with Gasteiger partial charge in [0.25, 0.3) is 0 Å². The number of benzene rings is 1. The number of hydrogen-bond donors (Lipinski definition) is 1. The van der Waals surface area contributed by atoms with Gasteiger partial charge in [0, 0.05) is 12.6 Å². The van der Waals surface area contributed by atoms with E-state index in [1.54, 1.807) is 6.08 Å². The van der Waals surface area contributed by atoms with Gasteiger partial charge in [0.2, 0.25) is 5.91 Å². The van der Waals surface area contributed by atoms with Crippen LogP contribution in [0.25, 0.3) is 6.08 Å². The molecule has 0 unspecified atom stereocenters. The second-order valence-electron chi connectivity index (χ2n) is 3.39. The Balaban J connectivity index is 2.34. The predicted octanol–water partition coefficient (Wildman–Crippen LogP) is 2.62. The highest BCUT2D eigenvalue weighted by Gasteiger charge is 1.92. The molecule has 0 atom stereocenters. The number of carbonyl (C=O) groups is 1. The Morgan fingerprint density at radius 1 is 1.33 bits per heavy atom. The van der Waals surface area contributed by atoms with Crippen molar-refractivity contribution >= 4 is 12.0 Å². The van der Waals surface area contributed by atoms with Crippen LogP contribution in [0.5, 0.6) is 0 Å². The Morgan fingerprint density at radius 3 is 2.73 bits per heavy atom. The molecule has 1 aromatic rings. The number of carbonyl (C=O) groups excluding carboxylic acids is 1. The quantitative estimate of drug-likeness (QED) is 0.578. The normalized spacial score (nSPS) is 10.5. The van der Waals surface area contributed by atoms with E-state index in [0.29, 0.717) is 0 Å². The molecule has 0 aliphatic rings. The van der Waals surface area contributed by atoms with E-state index in [1.807, 2.05) is 36.4 Å². The maximum Gasteiger partial charge on any atom is 0.243 e. The molecule has 0 aliphatic carbocycles. The molecule has 1 aromatic carbocycles. The van der Waals surface area contributed by atoms with Gasteiger partial charge in [-0.15, -0.1) is 0 Å². The molecule has 1 rings (SSSR count). The first-order chi connectivity index (χ1) is 7.33. The highest BCUT2D eigenvalue weighted by atomic mass is 16.1. The fourth-order valence-electron chi connectivity index (χ4n) is 1.18. The maximum absolute atomic E-state index is 11.3. The Bertz CT molecular complexity index is 317. The van der Waals surface area contributed by atoms with Gasteiger partial charge >= 0.3 is 0 Å². The van der Waals surface area contributed by atoms with Crippen LogP contribution in [-0.4, -0.2) is 12.5 Å². The molecule has 0 fully saturated rings. The van der Waals surface area contributed by atoms with Gasteiger partial charge < -0.3 is 5.32 Å². The summed E-state index contributed by atoms with van der Waals surface area (Å²) >= 11 is 0. The second kappa shape index (κ2) is 6.82. The number of nitrogens with one attached hydrogen (secondary N) is 1. The molecule has 0 saturated heterocycles. The average Bonchev–Trinajstić information content (AvgIpc) is 2.28. The smallest absolute Gasteiger partial charge is 0.243 e. The standard InChI is InChI=1S/C13H17NO/c1-2-3-11-14-13(15)10-9-12-7-5-4-6-8-12/h4-10H,2-3,11H2,1H3,(H,14,15)/b10-9-. The minimum absolute atomic E-state index is 0.0210. The van der Waals surface area contributed by atoms with Crippen molar-refractivity contribution in [2.45, 2.75) is 19.8 Å². The van der Waals surface area contributed by atoms with Crippen LogP contribution in [0, 0.1) is 0 Å². The Hall–Kier alpha value is -1.57. The van der Waals surface area contributed by atoms with Gasteiger partial charge in [0.15, 0.2) is 0 Å². The van der Waals surface area contributed by atoms with E-state index in [9.17, 15) is 4.79 Å². The topological polar surface area (TPSA) is 29.1 Å². The highest BCUT2D eigenvalue weighted by Crippen LogP contribution is 2.00. The molecule has 15 heavy (non-hydrogen) atoms. The molecule has 2 nitrogen and oxygen atoms in total. The van der Waals surface area contributed by atoms with E-state index in [0.717, 1.165) is 24.9 Å². The lowest BCUT2D eigenvalue weighted by Crippen LogP contribution is -2.21. The van der Waals surface area contributed by atoms with E-state index in [-0.39, 0.29) is 5.91 Å². The third-order valence-corrected chi connectivity index (χ3v) is 2.06. The van der Waals surface area contributed by atoms with Crippen LogP contribution in [0.1, 0.15) is 25.3 Å². The number of amides is 1. The summed E-state index contributed by atoms with van der Waals surface area (Å²) in [5.41, 5.74) is 1.04. The van der Waals surface area contributed by atoms with Gasteiger partial charge in [-0.3, -0.25) is 4.79 Å². The zero-order valence-corrected chi connectivity index (χ0v) is 9.07. The Kier molecular flexibility index (Phi) is 5.23. The zero-order chi connectivity index (χ0) is 10.9. The van der Waals surface area contributed by atoms with Crippen molar-refractivity contribution in [1.82, 2.24) is 5.32 Å². The van der Waals surface area contributed by atoms with E-state index in [1.165, 1.54) is 0 Å². The zero-order valence-electron chi connectivity index (χ0n) is 9.07. The van der Waals surface area contributed by atoms with Gasteiger partial charge in [-0.25, -0.2) is 0 Å². The van der Waals surface area contributed by atoms with Crippen molar-refractivity contribution < 1.29 is 4.79 Å². The van der Waals surface area contributed by atoms with Crippen LogP contribution in [0.3, 0.4) is 0 Å². The first kappa shape index (κ1) is 11.5. The first-order valence-electron chi connectivity index (χ1n) is 5.34. The van der Waals surface area contributed by atoms with Crippen molar-refractivity contribution in [3.8, 4) is 0 Å². The summed E-state index contributed by atoms with van der Waals surface area (Å²) < 4.78 is 0. The maximum atomic E-state index is 11.3. The molecule has 0 heterocycles. The molecule has 0 spiro atoms. The first-order valence-corrected chi connectivity index (χ1v) is 5.34. The summed E-state index contributed by atoms with van der Waals surface area (Å²) in [7, 11) is 0. The lowest BCUT2D eigenvalue weighted by molar-refractivity contribution is -0.116. The van der Waals surface area contributed by atoms with Gasteiger partial charge in [0.05, 0.1) is 0 Å². The molecule has 80 valence electrons. The minimum atomic E-state index is -0.0210. The molecule has 0 saturated carbocycles. The monoisotopic (exact) mass is 203 g/mol. The fraction of sp³-hybridized carbons (Fsp3) is 0.308. The van der Waals surface area contributed by atoms with Crippen LogP contribution in [0.4, 0.5) is 0 Å². The molecular formula is C13H17NO.